The van der Waals surface area contributed by atoms with Crippen molar-refractivity contribution in [3.8, 4) is 23.0 Å². The number of aliphatic hydroxyl groups is 1. The lowest BCUT2D eigenvalue weighted by atomic mass is 9.96. The van der Waals surface area contributed by atoms with Gasteiger partial charge >= 0.3 is 30.7 Å². The minimum Gasteiger partial charge on any atom is -0.480 e. The van der Waals surface area contributed by atoms with E-state index in [1.807, 2.05) is 0 Å². The van der Waals surface area contributed by atoms with Crippen LogP contribution in [0.5, 0.6) is 23.0 Å². The van der Waals surface area contributed by atoms with E-state index >= 15 is 4.39 Å². The molecule has 3 heterocycles. The zero-order valence-electron chi connectivity index (χ0n) is 73.5. The number of ether oxygens (including phenoxy) is 4. The summed E-state index contributed by atoms with van der Waals surface area (Å²) in [4.78, 5) is 81.7. The molecule has 11 rings (SSSR count). The fraction of sp³-hybridized carbons (Fsp3) is 0.333. The maximum absolute atomic E-state index is 15.0. The number of rotatable bonds is 28. The summed E-state index contributed by atoms with van der Waals surface area (Å²) >= 11 is 23.5. The number of benzene rings is 8. The number of nitrogens with one attached hydrogen (secondary N) is 7. The summed E-state index contributed by atoms with van der Waals surface area (Å²) < 4.78 is 334. The van der Waals surface area contributed by atoms with E-state index in [0.717, 1.165) is 52.3 Å². The molecule has 0 aliphatic carbocycles. The molecule has 0 saturated carbocycles. The average molecular weight is 2070 g/mol. The number of carbonyl (C=O) groups is 6. The first-order valence-electron chi connectivity index (χ1n) is 41.1. The van der Waals surface area contributed by atoms with Crippen LogP contribution in [0, 0.1) is 46.5 Å². The molecule has 3 fully saturated rings. The minimum atomic E-state index is -4.85. The SMILES string of the molecule is C=C(Nc1cc(O[C@@H](C)C(F)(F)F)c(C(=O)Nc2c(F)cccc2Cl)cc1F)N1CCC(F)(F)C1.C=C(Nc1cc(O[C@@H](C)C(F)(F)F)c(C(=O)Nc2c(F)cccc2Cl)cc1F)N1CCC(F)C1.C=C1CCC(CO)N1C(=O)Nc1cc(O[C@@H](C)C(F)(F)F)c(C(=O)Nc2c(F)cccc2Cl)cc1F.CCN(CC)C(=O)C(C)c1cc(O[C@@H](C)C(F)(F)F)c(C(=O)Nc2c(F)cccc2Cl)cc1F. The number of amides is 7. The number of alkyl halides is 15. The maximum atomic E-state index is 15.0. The van der Waals surface area contributed by atoms with Gasteiger partial charge in [-0.2, -0.15) is 52.7 Å². The van der Waals surface area contributed by atoms with Crippen LogP contribution in [-0.4, -0.2) is 173 Å². The lowest BCUT2D eigenvalue weighted by molar-refractivity contribution is -0.189. The van der Waals surface area contributed by atoms with Crippen LogP contribution in [0.4, 0.5) is 146 Å². The van der Waals surface area contributed by atoms with Gasteiger partial charge in [0.05, 0.1) is 125 Å². The van der Waals surface area contributed by atoms with E-state index in [1.165, 1.54) is 65.3 Å². The number of halogens is 27. The molecule has 139 heavy (non-hydrogen) atoms. The number of likely N-dealkylation sites (N-methyl/N-ethyl adjacent to an activating group) is 1. The number of likely N-dealkylation sites (tertiary alicyclic amines) is 3. The van der Waals surface area contributed by atoms with E-state index in [2.05, 4.69) is 57.0 Å². The van der Waals surface area contributed by atoms with Crippen molar-refractivity contribution < 1.29 is 154 Å². The van der Waals surface area contributed by atoms with Gasteiger partial charge in [0.15, 0.2) is 24.4 Å². The van der Waals surface area contributed by atoms with Gasteiger partial charge in [0.25, 0.3) is 29.6 Å². The minimum absolute atomic E-state index is 0.0196. The van der Waals surface area contributed by atoms with E-state index in [0.29, 0.717) is 96.2 Å². The summed E-state index contributed by atoms with van der Waals surface area (Å²) in [5.41, 5.74) is -5.79. The monoisotopic (exact) mass is 2070 g/mol. The Labute approximate surface area is 797 Å². The first kappa shape index (κ1) is 112. The molecule has 7 amide bonds. The third-order valence-electron chi connectivity index (χ3n) is 20.8. The molecule has 3 aliphatic heterocycles. The van der Waals surface area contributed by atoms with Gasteiger partial charge in [-0.1, -0.05) is 90.4 Å². The number of nitrogens with zero attached hydrogens (tertiary/aromatic N) is 4. The highest BCUT2D eigenvalue weighted by molar-refractivity contribution is 6.35. The largest absolute Gasteiger partial charge is 0.480 e. The van der Waals surface area contributed by atoms with Crippen molar-refractivity contribution in [1.82, 2.24) is 19.6 Å². The van der Waals surface area contributed by atoms with Crippen LogP contribution in [0.1, 0.15) is 127 Å². The van der Waals surface area contributed by atoms with Gasteiger partial charge < -0.3 is 76.0 Å². The quantitative estimate of drug-likeness (QED) is 0.0212. The first-order valence-corrected chi connectivity index (χ1v) is 42.6. The second-order valence-corrected chi connectivity index (χ2v) is 32.4. The van der Waals surface area contributed by atoms with E-state index in [1.54, 1.807) is 13.8 Å². The zero-order valence-corrected chi connectivity index (χ0v) is 76.5. The molecule has 0 aromatic heterocycles. The standard InChI is InChI=1S/C23H21ClF5N3O4.C23H24ClF5N2O3.C22H19ClF7N3O2.C22H20ClF6N3O2/c1-11-6-7-13(10-33)32(11)22(35)30-18-9-19(36-12(2)23(27,28)29)14(8-17(18)26)21(34)31-20-15(24)4-3-5-16(20)25;1-5-31(6-2)22(33)12(3)14-11-19(34-13(4)23(27,28)29)15(10-18(14)26)21(32)30-20-16(24)8-7-9-17(20)25;1-11(22(28,29)30)35-18-9-17(31-12(2)33-7-6-21(26,27)10-33)16(25)8-13(18)20(34)32-19-14(23)4-3-5-15(19)24;1-11(22(27,28)29)34-19-9-18(30-12(2)32-7-6-13(24)10-32)17(26)8-14(19)21(33)31-20-15(23)4-3-5-16(20)25/h3-5,8-9,12-13,33H,1,6-7,10H2,2H3,(H,30,35)(H,31,34);7-13H,5-6H2,1-4H3,(H,30,32);3-5,8-9,11,31H,2,6-7,10H2,1H3,(H,32,34);3-5,8-9,11,13,30H,2,6-7,10H2,1H3,(H,31,33)/t12-,13?;12?,13-;11-;11-,13?/m0000/s1. The summed E-state index contributed by atoms with van der Waals surface area (Å²) in [6, 6.07) is 18.3. The number of carbonyl (C=O) groups excluding carboxylic acids is 6. The Morgan fingerprint density at radius 3 is 1.06 bits per heavy atom. The molecule has 0 spiro atoms. The normalized spacial score (nSPS) is 15.7. The number of hydrogen-bond acceptors (Lipinski definition) is 15. The van der Waals surface area contributed by atoms with Gasteiger partial charge in [-0.15, -0.1) is 0 Å². The van der Waals surface area contributed by atoms with Crippen molar-refractivity contribution in [3.63, 3.8) is 0 Å². The fourth-order valence-corrected chi connectivity index (χ4v) is 13.8. The highest BCUT2D eigenvalue weighted by Crippen LogP contribution is 2.42. The third kappa shape index (κ3) is 29.6. The van der Waals surface area contributed by atoms with Crippen LogP contribution in [0.2, 0.25) is 20.1 Å². The molecule has 49 heteroatoms. The lowest BCUT2D eigenvalue weighted by Gasteiger charge is -2.25. The molecule has 8 N–H and O–H groups in total. The summed E-state index contributed by atoms with van der Waals surface area (Å²) in [6.07, 6.45) is -29.3. The number of anilines is 7. The fourth-order valence-electron chi connectivity index (χ4n) is 13.0. The predicted octanol–water partition coefficient (Wildman–Crippen LogP) is 24.4. The molecule has 22 nitrogen and oxygen atoms in total. The van der Waals surface area contributed by atoms with Crippen LogP contribution in [0.3, 0.4) is 0 Å². The van der Waals surface area contributed by atoms with Gasteiger partial charge in [-0.05, 0) is 147 Å². The molecule has 754 valence electrons. The zero-order chi connectivity index (χ0) is 104. The Morgan fingerprint density at radius 2 is 0.777 bits per heavy atom. The number of urea groups is 1. The van der Waals surface area contributed by atoms with Crippen molar-refractivity contribution in [3.05, 3.63) is 253 Å². The van der Waals surface area contributed by atoms with E-state index < -0.39 is 248 Å². The topological polar surface area (TPSA) is 257 Å². The second kappa shape index (κ2) is 47.0. The van der Waals surface area contributed by atoms with Crippen LogP contribution in [0.25, 0.3) is 0 Å². The maximum Gasteiger partial charge on any atom is 0.425 e. The van der Waals surface area contributed by atoms with Crippen LogP contribution in [-0.2, 0) is 4.79 Å². The molecule has 3 saturated heterocycles. The number of para-hydroxylation sites is 4. The molecular formula is C90H84Cl4F23N11O11. The van der Waals surface area contributed by atoms with Crippen LogP contribution >= 0.6 is 46.4 Å². The summed E-state index contributed by atoms with van der Waals surface area (Å²) in [7, 11) is 0. The Bertz CT molecular complexity index is 5800. The van der Waals surface area contributed by atoms with E-state index in [4.69, 9.17) is 65.4 Å². The Morgan fingerprint density at radius 1 is 0.460 bits per heavy atom. The average Bonchev–Trinajstić information content (AvgIpc) is 1.65. The molecule has 3 aliphatic rings. The molecule has 0 bridgehead atoms. The van der Waals surface area contributed by atoms with Crippen molar-refractivity contribution in [2.75, 3.05) is 83.1 Å². The Balaban J connectivity index is 0.000000227. The molecule has 8 aromatic carbocycles. The van der Waals surface area contributed by atoms with Crippen LogP contribution < -0.4 is 56.2 Å². The van der Waals surface area contributed by atoms with Gasteiger partial charge in [0.1, 0.15) is 75.7 Å². The predicted molar refractivity (Wildman–Crippen MR) is 472 cm³/mol. The molecule has 3 unspecified atom stereocenters. The van der Waals surface area contributed by atoms with Crippen LogP contribution in [0.15, 0.2) is 158 Å². The Hall–Kier alpha value is -12.5. The molecule has 0 radical (unpaired) electrons. The molecule has 7 atom stereocenters. The first-order chi connectivity index (χ1) is 64.7. The van der Waals surface area contributed by atoms with E-state index in [-0.39, 0.29) is 69.1 Å². The van der Waals surface area contributed by atoms with Gasteiger partial charge in [-0.3, -0.25) is 28.9 Å². The highest BCUT2D eigenvalue weighted by Gasteiger charge is 2.45. The number of aliphatic hydroxyl groups excluding tert-OH is 1. The summed E-state index contributed by atoms with van der Waals surface area (Å²) in [6.45, 7) is 18.4. The highest BCUT2D eigenvalue weighted by atomic mass is 35.5. The van der Waals surface area contributed by atoms with Crippen molar-refractivity contribution in [1.29, 1.82) is 0 Å². The third-order valence-corrected chi connectivity index (χ3v) is 22.1. The molecular weight excluding hydrogens is 1990 g/mol. The number of allylic oxidation sites excluding steroid dienone is 1. The van der Waals surface area contributed by atoms with Gasteiger partial charge in [-0.25, -0.2) is 53.1 Å². The van der Waals surface area contributed by atoms with Gasteiger partial charge in [0, 0.05) is 62.1 Å². The van der Waals surface area contributed by atoms with Crippen molar-refractivity contribution in [2.45, 2.75) is 147 Å². The number of hydrogen-bond donors (Lipinski definition) is 8. The van der Waals surface area contributed by atoms with Crippen molar-refractivity contribution >= 4 is 122 Å². The Kier molecular flexibility index (Phi) is 37.8. The smallest absolute Gasteiger partial charge is 0.425 e. The van der Waals surface area contributed by atoms with E-state index in [9.17, 15) is 130 Å². The molecule has 8 aromatic rings. The second-order valence-electron chi connectivity index (χ2n) is 30.7. The summed E-state index contributed by atoms with van der Waals surface area (Å²) in [5, 5.41) is 24.3. The van der Waals surface area contributed by atoms with Crippen molar-refractivity contribution in [2.24, 2.45) is 0 Å². The van der Waals surface area contributed by atoms with Gasteiger partial charge in [0.2, 0.25) is 5.91 Å². The summed E-state index contributed by atoms with van der Waals surface area (Å²) in [5.74, 6) is -20.0. The lowest BCUT2D eigenvalue weighted by Crippen LogP contribution is -2.39.